The monoisotopic (exact) mass is 427 g/mol. The van der Waals surface area contributed by atoms with Crippen LogP contribution in [-0.4, -0.2) is 30.9 Å². The van der Waals surface area contributed by atoms with Crippen LogP contribution in [0.2, 0.25) is 0 Å². The first kappa shape index (κ1) is 23.1. The highest BCUT2D eigenvalue weighted by molar-refractivity contribution is 5.98. The molecule has 0 radical (unpaired) electrons. The van der Waals surface area contributed by atoms with Crippen LogP contribution in [0, 0.1) is 23.3 Å². The molecule has 0 spiro atoms. The summed E-state index contributed by atoms with van der Waals surface area (Å²) in [7, 11) is 0. The second-order valence-electron chi connectivity index (χ2n) is 6.49. The Morgan fingerprint density at radius 1 is 1.03 bits per heavy atom. The van der Waals surface area contributed by atoms with Crippen LogP contribution in [0.1, 0.15) is 29.6 Å². The van der Waals surface area contributed by atoms with Crippen LogP contribution >= 0.6 is 0 Å². The van der Waals surface area contributed by atoms with E-state index in [2.05, 4.69) is 5.32 Å². The first-order valence-electron chi connectivity index (χ1n) is 9.09. The van der Waals surface area contributed by atoms with Crippen molar-refractivity contribution in [3.63, 3.8) is 0 Å². The van der Waals surface area contributed by atoms with Crippen LogP contribution in [0.4, 0.5) is 23.2 Å². The molecule has 0 aliphatic rings. The van der Waals surface area contributed by atoms with Crippen LogP contribution in [0.15, 0.2) is 30.3 Å². The topological polar surface area (TPSA) is 107 Å². The number of benzene rings is 2. The van der Waals surface area contributed by atoms with Gasteiger partial charge in [0, 0.05) is 17.3 Å². The van der Waals surface area contributed by atoms with E-state index in [4.69, 9.17) is 16.2 Å². The second kappa shape index (κ2) is 10.6. The summed E-state index contributed by atoms with van der Waals surface area (Å²) in [5.41, 5.74) is 11.6. The fourth-order valence-corrected chi connectivity index (χ4v) is 2.65. The number of ketones is 1. The van der Waals surface area contributed by atoms with Crippen LogP contribution < -0.4 is 21.5 Å². The lowest BCUT2D eigenvalue weighted by atomic mass is 10.0. The second-order valence-corrected chi connectivity index (χ2v) is 6.49. The standard InChI is InChI=1S/C20H21F4N3O3/c21-13-9-14(22)18(24)19(17(13)23)30-10-16(28)15(6-1-2-7-25)27-20(29)11-4-3-5-12(26)8-11/h3-5,8-9,15H,1-2,6-7,10,25-26H2,(H,27,29)/t15-/m0/s1. The van der Waals surface area contributed by atoms with Gasteiger partial charge in [0.2, 0.25) is 11.6 Å². The molecule has 5 N–H and O–H groups in total. The minimum absolute atomic E-state index is 0.0285. The first-order chi connectivity index (χ1) is 14.2. The number of carbonyl (C=O) groups is 2. The highest BCUT2D eigenvalue weighted by Gasteiger charge is 2.25. The highest BCUT2D eigenvalue weighted by atomic mass is 19.2. The van der Waals surface area contributed by atoms with E-state index in [1.807, 2.05) is 0 Å². The van der Waals surface area contributed by atoms with Gasteiger partial charge in [-0.3, -0.25) is 9.59 Å². The predicted octanol–water partition coefficient (Wildman–Crippen LogP) is 2.70. The van der Waals surface area contributed by atoms with E-state index < -0.39 is 53.4 Å². The summed E-state index contributed by atoms with van der Waals surface area (Å²) in [6, 6.07) is 4.99. The first-order valence-corrected chi connectivity index (χ1v) is 9.09. The van der Waals surface area contributed by atoms with Crippen LogP contribution in [0.5, 0.6) is 5.75 Å². The Labute approximate surface area is 170 Å². The van der Waals surface area contributed by atoms with Gasteiger partial charge in [0.1, 0.15) is 6.61 Å². The maximum Gasteiger partial charge on any atom is 0.251 e. The molecule has 0 bridgehead atoms. The number of hydrogen-bond donors (Lipinski definition) is 3. The number of anilines is 1. The molecule has 0 heterocycles. The Hall–Kier alpha value is -3.14. The van der Waals surface area contributed by atoms with E-state index in [-0.39, 0.29) is 18.1 Å². The van der Waals surface area contributed by atoms with E-state index in [1.54, 1.807) is 12.1 Å². The zero-order valence-electron chi connectivity index (χ0n) is 15.9. The average Bonchev–Trinajstić information content (AvgIpc) is 2.71. The quantitative estimate of drug-likeness (QED) is 0.234. The number of hydrogen-bond acceptors (Lipinski definition) is 5. The number of nitrogen functional groups attached to an aromatic ring is 1. The molecule has 10 heteroatoms. The van der Waals surface area contributed by atoms with Crippen molar-refractivity contribution < 1.29 is 31.9 Å². The normalized spacial score (nSPS) is 11.8. The molecule has 30 heavy (non-hydrogen) atoms. The summed E-state index contributed by atoms with van der Waals surface area (Å²) >= 11 is 0. The van der Waals surface area contributed by atoms with Gasteiger partial charge in [-0.15, -0.1) is 0 Å². The Morgan fingerprint density at radius 3 is 2.30 bits per heavy atom. The fraction of sp³-hybridized carbons (Fsp3) is 0.300. The molecule has 0 unspecified atom stereocenters. The van der Waals surface area contributed by atoms with Crippen molar-refractivity contribution >= 4 is 17.4 Å². The van der Waals surface area contributed by atoms with E-state index in [1.165, 1.54) is 12.1 Å². The van der Waals surface area contributed by atoms with Crippen molar-refractivity contribution in [2.75, 3.05) is 18.9 Å². The van der Waals surface area contributed by atoms with Gasteiger partial charge in [0.25, 0.3) is 5.91 Å². The molecule has 2 aromatic rings. The number of nitrogens with two attached hydrogens (primary N) is 2. The van der Waals surface area contributed by atoms with Gasteiger partial charge in [-0.2, -0.15) is 8.78 Å². The average molecular weight is 427 g/mol. The third-order valence-electron chi connectivity index (χ3n) is 4.22. The Kier molecular flexibility index (Phi) is 8.16. The van der Waals surface area contributed by atoms with Crippen LogP contribution in [-0.2, 0) is 4.79 Å². The number of ether oxygens (including phenoxy) is 1. The molecule has 2 aromatic carbocycles. The van der Waals surface area contributed by atoms with Gasteiger partial charge in [-0.05, 0) is 44.0 Å². The maximum absolute atomic E-state index is 13.7. The lowest BCUT2D eigenvalue weighted by molar-refractivity contribution is -0.123. The number of amides is 1. The summed E-state index contributed by atoms with van der Waals surface area (Å²) < 4.78 is 58.7. The van der Waals surface area contributed by atoms with Gasteiger partial charge in [0.15, 0.2) is 23.2 Å². The van der Waals surface area contributed by atoms with Crippen molar-refractivity contribution in [1.29, 1.82) is 0 Å². The Bertz CT molecular complexity index is 898. The molecular formula is C20H21F4N3O3. The smallest absolute Gasteiger partial charge is 0.251 e. The molecule has 0 aliphatic carbocycles. The van der Waals surface area contributed by atoms with Crippen molar-refractivity contribution in [2.45, 2.75) is 25.3 Å². The molecule has 0 saturated carbocycles. The van der Waals surface area contributed by atoms with Gasteiger partial charge >= 0.3 is 0 Å². The van der Waals surface area contributed by atoms with Gasteiger partial charge in [-0.1, -0.05) is 6.07 Å². The number of nitrogens with one attached hydrogen (secondary N) is 1. The van der Waals surface area contributed by atoms with Crippen molar-refractivity contribution in [1.82, 2.24) is 5.32 Å². The van der Waals surface area contributed by atoms with E-state index in [0.29, 0.717) is 25.1 Å². The van der Waals surface area contributed by atoms with Crippen LogP contribution in [0.3, 0.4) is 0 Å². The molecular weight excluding hydrogens is 406 g/mol. The van der Waals surface area contributed by atoms with E-state index >= 15 is 0 Å². The highest BCUT2D eigenvalue weighted by Crippen LogP contribution is 2.26. The zero-order chi connectivity index (χ0) is 22.3. The minimum atomic E-state index is -1.76. The fourth-order valence-electron chi connectivity index (χ4n) is 2.65. The number of halogens is 4. The Morgan fingerprint density at radius 2 is 1.70 bits per heavy atom. The summed E-state index contributed by atoms with van der Waals surface area (Å²) in [6.45, 7) is -0.555. The molecule has 0 fully saturated rings. The minimum Gasteiger partial charge on any atom is -0.479 e. The number of unbranched alkanes of at least 4 members (excludes halogenated alkanes) is 1. The molecule has 2 rings (SSSR count). The summed E-state index contributed by atoms with van der Waals surface area (Å²) in [5, 5.41) is 2.51. The largest absolute Gasteiger partial charge is 0.479 e. The van der Waals surface area contributed by atoms with Crippen molar-refractivity contribution in [3.8, 4) is 5.75 Å². The molecule has 1 amide bonds. The number of Topliss-reactive ketones (excluding diaryl/α,β-unsaturated/α-hetero) is 1. The zero-order valence-corrected chi connectivity index (χ0v) is 15.9. The maximum atomic E-state index is 13.7. The van der Waals surface area contributed by atoms with Gasteiger partial charge in [-0.25, -0.2) is 8.78 Å². The van der Waals surface area contributed by atoms with Crippen molar-refractivity contribution in [2.24, 2.45) is 5.73 Å². The summed E-state index contributed by atoms with van der Waals surface area (Å²) in [5.74, 6) is -9.52. The molecule has 162 valence electrons. The SMILES string of the molecule is NCCCC[C@H](NC(=O)c1cccc(N)c1)C(=O)COc1c(F)c(F)cc(F)c1F. The van der Waals surface area contributed by atoms with Gasteiger partial charge < -0.3 is 21.5 Å². The lowest BCUT2D eigenvalue weighted by Gasteiger charge is -2.18. The van der Waals surface area contributed by atoms with Crippen molar-refractivity contribution in [3.05, 3.63) is 59.2 Å². The number of rotatable bonds is 10. The van der Waals surface area contributed by atoms with E-state index in [0.717, 1.165) is 0 Å². The molecule has 0 aliphatic heterocycles. The predicted molar refractivity (Wildman–Crippen MR) is 102 cm³/mol. The lowest BCUT2D eigenvalue weighted by Crippen LogP contribution is -2.43. The third-order valence-corrected chi connectivity index (χ3v) is 4.22. The van der Waals surface area contributed by atoms with E-state index in [9.17, 15) is 27.2 Å². The molecule has 6 nitrogen and oxygen atoms in total. The van der Waals surface area contributed by atoms with Crippen LogP contribution in [0.25, 0.3) is 0 Å². The third kappa shape index (κ3) is 5.93. The molecule has 0 saturated heterocycles. The Balaban J connectivity index is 2.12. The summed E-state index contributed by atoms with van der Waals surface area (Å²) in [6.07, 6.45) is 1.22. The number of carbonyl (C=O) groups excluding carboxylic acids is 2. The molecule has 1 atom stereocenters. The molecule has 0 aromatic heterocycles. The van der Waals surface area contributed by atoms with Gasteiger partial charge in [0.05, 0.1) is 6.04 Å². The summed E-state index contributed by atoms with van der Waals surface area (Å²) in [4.78, 5) is 24.9.